The molecular formula is C30H32F4O2. The van der Waals surface area contributed by atoms with E-state index in [1.54, 1.807) is 19.1 Å². The van der Waals surface area contributed by atoms with E-state index < -0.39 is 23.3 Å². The summed E-state index contributed by atoms with van der Waals surface area (Å²) >= 11 is 0. The Kier molecular flexibility index (Phi) is 8.55. The van der Waals surface area contributed by atoms with Crippen LogP contribution in [-0.4, -0.2) is 13.2 Å². The van der Waals surface area contributed by atoms with Crippen LogP contribution in [0.25, 0.3) is 11.1 Å². The largest absolute Gasteiger partial charge is 0.491 e. The summed E-state index contributed by atoms with van der Waals surface area (Å²) in [5, 5.41) is 0. The zero-order valence-electron chi connectivity index (χ0n) is 20.8. The van der Waals surface area contributed by atoms with E-state index in [2.05, 4.69) is 6.92 Å². The first-order chi connectivity index (χ1) is 17.4. The number of ether oxygens (including phenoxy) is 2. The van der Waals surface area contributed by atoms with Gasteiger partial charge in [-0.1, -0.05) is 49.7 Å². The number of hydrogen-bond acceptors (Lipinski definition) is 2. The van der Waals surface area contributed by atoms with E-state index in [1.807, 2.05) is 24.3 Å². The fraction of sp³-hybridized carbons (Fsp3) is 0.400. The van der Waals surface area contributed by atoms with Gasteiger partial charge in [-0.05, 0) is 79.7 Å². The van der Waals surface area contributed by atoms with Crippen LogP contribution in [0.3, 0.4) is 0 Å². The summed E-state index contributed by atoms with van der Waals surface area (Å²) in [5.74, 6) is -3.96. The molecule has 1 aliphatic rings. The normalized spacial score (nSPS) is 17.7. The monoisotopic (exact) mass is 500 g/mol. The molecule has 0 atom stereocenters. The van der Waals surface area contributed by atoms with Gasteiger partial charge in [0.05, 0.1) is 13.2 Å². The highest BCUT2D eigenvalue weighted by molar-refractivity contribution is 5.65. The first-order valence-electron chi connectivity index (χ1n) is 12.7. The zero-order chi connectivity index (χ0) is 25.7. The van der Waals surface area contributed by atoms with E-state index in [9.17, 15) is 8.78 Å². The van der Waals surface area contributed by atoms with Gasteiger partial charge < -0.3 is 9.47 Å². The summed E-state index contributed by atoms with van der Waals surface area (Å²) in [7, 11) is 0. The second kappa shape index (κ2) is 11.8. The van der Waals surface area contributed by atoms with Crippen molar-refractivity contribution in [2.24, 2.45) is 5.92 Å². The Morgan fingerprint density at radius 2 is 1.33 bits per heavy atom. The van der Waals surface area contributed by atoms with Crippen LogP contribution in [0.5, 0.6) is 11.5 Å². The summed E-state index contributed by atoms with van der Waals surface area (Å²) in [6.45, 7) is 4.27. The summed E-state index contributed by atoms with van der Waals surface area (Å²) in [6.07, 6.45) is 4.80. The second-order valence-electron chi connectivity index (χ2n) is 9.43. The Morgan fingerprint density at radius 3 is 1.94 bits per heavy atom. The first-order valence-corrected chi connectivity index (χ1v) is 12.7. The van der Waals surface area contributed by atoms with Crippen LogP contribution in [0.15, 0.2) is 48.5 Å². The maximum Gasteiger partial charge on any atom is 0.204 e. The van der Waals surface area contributed by atoms with Crippen molar-refractivity contribution >= 4 is 0 Å². The van der Waals surface area contributed by atoms with Crippen molar-refractivity contribution in [2.45, 2.75) is 58.3 Å². The standard InChI is InChI=1S/C30H32F4O2/c1-3-5-19-6-10-21(11-7-19)23-14-15-24(28(32)27(23)31)22-12-8-20(9-13-22)18-36-26-17-16-25(35-4-2)29(33)30(26)34/h6-7,10-11,14-17,20,22H,3-5,8-9,12-13,18H2,1-2H3. The van der Waals surface area contributed by atoms with Crippen LogP contribution in [0.1, 0.15) is 63.0 Å². The van der Waals surface area contributed by atoms with Crippen LogP contribution in [0, 0.1) is 29.2 Å². The van der Waals surface area contributed by atoms with Gasteiger partial charge in [-0.25, -0.2) is 8.78 Å². The predicted octanol–water partition coefficient (Wildman–Crippen LogP) is 8.61. The highest BCUT2D eigenvalue weighted by atomic mass is 19.2. The third kappa shape index (κ3) is 5.69. The molecule has 6 heteroatoms. The van der Waals surface area contributed by atoms with Gasteiger partial charge in [0, 0.05) is 5.56 Å². The Hall–Kier alpha value is -3.02. The molecule has 4 rings (SSSR count). The molecule has 0 radical (unpaired) electrons. The van der Waals surface area contributed by atoms with Gasteiger partial charge in [0.1, 0.15) is 0 Å². The van der Waals surface area contributed by atoms with Gasteiger partial charge in [-0.3, -0.25) is 0 Å². The fourth-order valence-electron chi connectivity index (χ4n) is 4.98. The van der Waals surface area contributed by atoms with Crippen molar-refractivity contribution in [1.29, 1.82) is 0 Å². The number of hydrogen-bond donors (Lipinski definition) is 0. The molecule has 0 aromatic heterocycles. The summed E-state index contributed by atoms with van der Waals surface area (Å²) in [5.41, 5.74) is 2.51. The minimum absolute atomic E-state index is 0.0867. The number of rotatable bonds is 9. The van der Waals surface area contributed by atoms with Crippen LogP contribution < -0.4 is 9.47 Å². The van der Waals surface area contributed by atoms with Gasteiger partial charge >= 0.3 is 0 Å². The molecule has 0 aliphatic heterocycles. The van der Waals surface area contributed by atoms with Crippen molar-refractivity contribution in [3.05, 3.63) is 82.9 Å². The summed E-state index contributed by atoms with van der Waals surface area (Å²) < 4.78 is 69.0. The van der Waals surface area contributed by atoms with E-state index in [4.69, 9.17) is 9.47 Å². The first kappa shape index (κ1) is 26.1. The molecule has 0 N–H and O–H groups in total. The molecule has 1 aliphatic carbocycles. The smallest absolute Gasteiger partial charge is 0.204 e. The third-order valence-corrected chi connectivity index (χ3v) is 6.99. The van der Waals surface area contributed by atoms with Crippen molar-refractivity contribution in [3.63, 3.8) is 0 Å². The highest BCUT2D eigenvalue weighted by Gasteiger charge is 2.27. The molecule has 2 nitrogen and oxygen atoms in total. The lowest BCUT2D eigenvalue weighted by Crippen LogP contribution is -2.20. The van der Waals surface area contributed by atoms with Crippen molar-refractivity contribution in [1.82, 2.24) is 0 Å². The minimum atomic E-state index is -1.06. The molecule has 192 valence electrons. The third-order valence-electron chi connectivity index (χ3n) is 6.99. The lowest BCUT2D eigenvalue weighted by atomic mass is 9.78. The van der Waals surface area contributed by atoms with E-state index in [1.165, 1.54) is 17.7 Å². The molecule has 36 heavy (non-hydrogen) atoms. The highest BCUT2D eigenvalue weighted by Crippen LogP contribution is 2.39. The number of halogens is 4. The van der Waals surface area contributed by atoms with E-state index >= 15 is 8.78 Å². The van der Waals surface area contributed by atoms with E-state index in [-0.39, 0.29) is 42.1 Å². The topological polar surface area (TPSA) is 18.5 Å². The van der Waals surface area contributed by atoms with Crippen LogP contribution in [0.4, 0.5) is 17.6 Å². The number of aryl methyl sites for hydroxylation is 1. The molecule has 3 aromatic carbocycles. The van der Waals surface area contributed by atoms with Crippen LogP contribution in [-0.2, 0) is 6.42 Å². The molecule has 0 spiro atoms. The van der Waals surface area contributed by atoms with Crippen molar-refractivity contribution in [2.75, 3.05) is 13.2 Å². The fourth-order valence-corrected chi connectivity index (χ4v) is 4.98. The maximum absolute atomic E-state index is 15.1. The minimum Gasteiger partial charge on any atom is -0.491 e. The van der Waals surface area contributed by atoms with Gasteiger partial charge in [0.25, 0.3) is 0 Å². The van der Waals surface area contributed by atoms with Gasteiger partial charge in [0.15, 0.2) is 23.1 Å². The summed E-state index contributed by atoms with van der Waals surface area (Å²) in [4.78, 5) is 0. The maximum atomic E-state index is 15.1. The Balaban J connectivity index is 1.36. The molecule has 0 saturated heterocycles. The molecule has 1 fully saturated rings. The quantitative estimate of drug-likeness (QED) is 0.274. The van der Waals surface area contributed by atoms with Gasteiger partial charge in [-0.15, -0.1) is 0 Å². The van der Waals surface area contributed by atoms with Crippen molar-refractivity contribution in [3.8, 4) is 22.6 Å². The van der Waals surface area contributed by atoms with Gasteiger partial charge in [0.2, 0.25) is 11.6 Å². The average molecular weight is 501 g/mol. The number of benzene rings is 3. The van der Waals surface area contributed by atoms with Gasteiger partial charge in [-0.2, -0.15) is 8.78 Å². The van der Waals surface area contributed by atoms with Crippen LogP contribution in [0.2, 0.25) is 0 Å². The Labute approximate surface area is 210 Å². The molecule has 1 saturated carbocycles. The lowest BCUT2D eigenvalue weighted by Gasteiger charge is -2.29. The summed E-state index contributed by atoms with van der Waals surface area (Å²) in [6, 6.07) is 13.7. The van der Waals surface area contributed by atoms with E-state index in [0.29, 0.717) is 24.0 Å². The Morgan fingerprint density at radius 1 is 0.694 bits per heavy atom. The molecule has 0 heterocycles. The molecule has 0 unspecified atom stereocenters. The van der Waals surface area contributed by atoms with E-state index in [0.717, 1.165) is 25.7 Å². The average Bonchev–Trinajstić information content (AvgIpc) is 2.89. The van der Waals surface area contributed by atoms with Crippen molar-refractivity contribution < 1.29 is 27.0 Å². The zero-order valence-corrected chi connectivity index (χ0v) is 20.8. The lowest BCUT2D eigenvalue weighted by molar-refractivity contribution is 0.191. The molecular weight excluding hydrogens is 468 g/mol. The predicted molar refractivity (Wildman–Crippen MR) is 134 cm³/mol. The second-order valence-corrected chi connectivity index (χ2v) is 9.43. The molecule has 0 amide bonds. The SMILES string of the molecule is CCCc1ccc(-c2ccc(C3CCC(COc4ccc(OCC)c(F)c4F)CC3)c(F)c2F)cc1. The molecule has 0 bridgehead atoms. The van der Waals surface area contributed by atoms with Crippen LogP contribution >= 0.6 is 0 Å². The molecule has 3 aromatic rings. The Bertz CT molecular complexity index is 1170.